The molecular weight excluding hydrogens is 258 g/mol. The van der Waals surface area contributed by atoms with E-state index in [-0.39, 0.29) is 40.4 Å². The average molecular weight is 280 g/mol. The van der Waals surface area contributed by atoms with E-state index >= 15 is 0 Å². The van der Waals surface area contributed by atoms with Crippen molar-refractivity contribution in [2.24, 2.45) is 0 Å². The van der Waals surface area contributed by atoms with Crippen molar-refractivity contribution >= 4 is 0 Å². The Morgan fingerprint density at radius 2 is 0.500 bits per heavy atom. The van der Waals surface area contributed by atoms with Crippen LogP contribution in [0, 0.1) is 59.7 Å². The van der Waals surface area contributed by atoms with Gasteiger partial charge < -0.3 is 19.3 Å². The molecule has 0 atom stereocenters. The van der Waals surface area contributed by atoms with Gasteiger partial charge in [0.25, 0.3) is 0 Å². The van der Waals surface area contributed by atoms with Crippen LogP contribution in [0.3, 0.4) is 0 Å². The van der Waals surface area contributed by atoms with Gasteiger partial charge in [0, 0.05) is 0 Å². The molecule has 0 fully saturated rings. The van der Waals surface area contributed by atoms with Gasteiger partial charge in [-0.05, 0) is 0 Å². The van der Waals surface area contributed by atoms with E-state index in [2.05, 4.69) is 0 Å². The summed E-state index contributed by atoms with van der Waals surface area (Å²) in [6, 6.07) is 0. The molecule has 0 saturated heterocycles. The molecule has 0 heterocycles. The number of hydrogen-bond donors (Lipinski definition) is 0. The monoisotopic (exact) mass is 281 g/mol. The van der Waals surface area contributed by atoms with Gasteiger partial charge in [0.15, 0.2) is 0 Å². The molecule has 0 nitrogen and oxygen atoms in total. The second-order valence-electron chi connectivity index (χ2n) is 1.73. The summed E-state index contributed by atoms with van der Waals surface area (Å²) in [6.07, 6.45) is 6.00. The number of rotatable bonds is 0. The predicted octanol–water partition coefficient (Wildman–Crippen LogP) is 3.69. The van der Waals surface area contributed by atoms with Crippen molar-refractivity contribution in [1.82, 2.24) is 0 Å². The van der Waals surface area contributed by atoms with E-state index < -0.39 is 0 Å². The fourth-order valence-electron chi connectivity index (χ4n) is 0. The van der Waals surface area contributed by atoms with Gasteiger partial charge in [0.2, 0.25) is 0 Å². The van der Waals surface area contributed by atoms with Crippen LogP contribution in [0.2, 0.25) is 0 Å². The van der Waals surface area contributed by atoms with E-state index in [1.807, 2.05) is 60.8 Å². The van der Waals surface area contributed by atoms with Crippen molar-refractivity contribution in [3.8, 4) is 0 Å². The van der Waals surface area contributed by atoms with Crippen LogP contribution in [-0.2, 0) is 0 Å². The molecular formula is C9H21Sm. The minimum atomic E-state index is 0. The van der Waals surface area contributed by atoms with Crippen molar-refractivity contribution in [2.75, 3.05) is 0 Å². The summed E-state index contributed by atoms with van der Waals surface area (Å²) in [7, 11) is 0. The van der Waals surface area contributed by atoms with E-state index in [1.54, 1.807) is 0 Å². The molecule has 0 saturated carbocycles. The summed E-state index contributed by atoms with van der Waals surface area (Å²) in [4.78, 5) is 0. The summed E-state index contributed by atoms with van der Waals surface area (Å²) in [6.45, 7) is 12.0. The van der Waals surface area contributed by atoms with Crippen LogP contribution in [-0.4, -0.2) is 0 Å². The zero-order valence-corrected chi connectivity index (χ0v) is 10.8. The van der Waals surface area contributed by atoms with Crippen molar-refractivity contribution in [3.63, 3.8) is 0 Å². The van der Waals surface area contributed by atoms with Gasteiger partial charge in [-0.25, -0.2) is 0 Å². The summed E-state index contributed by atoms with van der Waals surface area (Å²) >= 11 is 0. The Morgan fingerprint density at radius 3 is 0.500 bits per heavy atom. The van der Waals surface area contributed by atoms with Crippen LogP contribution in [0.5, 0.6) is 0 Å². The molecule has 1 radical (unpaired) electrons. The van der Waals surface area contributed by atoms with Gasteiger partial charge in [-0.15, -0.1) is 0 Å². The Hall–Kier alpha value is 1.34. The molecule has 0 bridgehead atoms. The van der Waals surface area contributed by atoms with Gasteiger partial charge >= 0.3 is 40.4 Å². The number of hydrogen-bond acceptors (Lipinski definition) is 0. The molecule has 0 aliphatic carbocycles. The van der Waals surface area contributed by atoms with Crippen LogP contribution in [0.1, 0.15) is 41.5 Å². The van der Waals surface area contributed by atoms with Gasteiger partial charge in [0.05, 0.1) is 0 Å². The smallest absolute Gasteiger partial charge is 0.335 e. The van der Waals surface area contributed by atoms with E-state index in [9.17, 15) is 0 Å². The Balaban J connectivity index is -0.0000000257. The summed E-state index contributed by atoms with van der Waals surface area (Å²) < 4.78 is 0. The van der Waals surface area contributed by atoms with E-state index in [4.69, 9.17) is 0 Å². The first-order valence-corrected chi connectivity index (χ1v) is 3.46. The maximum atomic E-state index is 2.00. The van der Waals surface area contributed by atoms with Crippen LogP contribution in [0.25, 0.3) is 0 Å². The first-order chi connectivity index (χ1) is 4.24. The molecule has 1 heteroatoms. The van der Waals surface area contributed by atoms with Gasteiger partial charge in [-0.2, -0.15) is 41.5 Å². The molecule has 0 aromatic carbocycles. The third kappa shape index (κ3) is 363. The van der Waals surface area contributed by atoms with E-state index in [0.717, 1.165) is 0 Å². The summed E-state index contributed by atoms with van der Waals surface area (Å²) in [5, 5.41) is 0. The fourth-order valence-corrected chi connectivity index (χ4v) is 0. The second-order valence-corrected chi connectivity index (χ2v) is 1.73. The summed E-state index contributed by atoms with van der Waals surface area (Å²) in [5.41, 5.74) is 0. The maximum Gasteiger partial charge on any atom is 3.00 e. The Bertz CT molecular complexity index is 9.44. The Morgan fingerprint density at radius 1 is 0.500 bits per heavy atom. The summed E-state index contributed by atoms with van der Waals surface area (Å²) in [5.74, 6) is 0. The van der Waals surface area contributed by atoms with Crippen LogP contribution >= 0.6 is 0 Å². The SMILES string of the molecule is C[CH-]C.C[CH-]C.C[CH-]C.[Sm+3]. The quantitative estimate of drug-likeness (QED) is 0.593. The fraction of sp³-hybridized carbons (Fsp3) is 0.667. The predicted molar refractivity (Wildman–Crippen MR) is 46.9 cm³/mol. The topological polar surface area (TPSA) is 0 Å². The Labute approximate surface area is 100 Å². The first kappa shape index (κ1) is 22.5. The minimum absolute atomic E-state index is 0. The van der Waals surface area contributed by atoms with Gasteiger partial charge in [-0.3, -0.25) is 0 Å². The standard InChI is InChI=1S/3C3H7.Sm/c3*1-3-2;/h3*3H,1-2H3;/q3*-1;+3. The maximum absolute atomic E-state index is 2.00. The molecule has 0 N–H and O–H groups in total. The molecule has 10 heavy (non-hydrogen) atoms. The average Bonchev–Trinajstić information content (AvgIpc) is 1.70. The van der Waals surface area contributed by atoms with Crippen LogP contribution in [0.4, 0.5) is 0 Å². The molecule has 0 unspecified atom stereocenters. The molecule has 0 amide bonds. The van der Waals surface area contributed by atoms with Gasteiger partial charge in [-0.1, -0.05) is 0 Å². The zero-order chi connectivity index (χ0) is 8.12. The molecule has 0 aromatic rings. The normalized spacial score (nSPS) is 5.40. The van der Waals surface area contributed by atoms with Crippen molar-refractivity contribution < 1.29 is 40.4 Å². The Kier molecular flexibility index (Phi) is 108. The third-order valence-electron chi connectivity index (χ3n) is 0. The molecule has 0 rings (SSSR count). The first-order valence-electron chi connectivity index (χ1n) is 3.46. The van der Waals surface area contributed by atoms with Crippen molar-refractivity contribution in [3.05, 3.63) is 19.3 Å². The van der Waals surface area contributed by atoms with Crippen molar-refractivity contribution in [2.45, 2.75) is 41.5 Å². The molecule has 0 spiro atoms. The van der Waals surface area contributed by atoms with Crippen LogP contribution < -0.4 is 0 Å². The van der Waals surface area contributed by atoms with Gasteiger partial charge in [0.1, 0.15) is 0 Å². The molecule has 0 aromatic heterocycles. The van der Waals surface area contributed by atoms with E-state index in [1.165, 1.54) is 0 Å². The second kappa shape index (κ2) is 47.9. The van der Waals surface area contributed by atoms with E-state index in [0.29, 0.717) is 0 Å². The zero-order valence-electron chi connectivity index (χ0n) is 8.14. The molecule has 63 valence electrons. The minimum Gasteiger partial charge on any atom is -0.335 e. The van der Waals surface area contributed by atoms with Crippen molar-refractivity contribution in [1.29, 1.82) is 0 Å². The largest absolute Gasteiger partial charge is 3.00 e. The van der Waals surface area contributed by atoms with Crippen LogP contribution in [0.15, 0.2) is 0 Å². The molecule has 0 aliphatic rings. The molecule has 0 aliphatic heterocycles. The third-order valence-corrected chi connectivity index (χ3v) is 0.